The number of ether oxygens (including phenoxy) is 2. The highest BCUT2D eigenvalue weighted by Crippen LogP contribution is 2.51. The summed E-state index contributed by atoms with van der Waals surface area (Å²) >= 11 is 0. The fraction of sp³-hybridized carbons (Fsp3) is 0.348. The molecular weight excluding hydrogens is 477 g/mol. The number of hydrogen-bond acceptors (Lipinski definition) is 5. The molecule has 186 valence electrons. The molecule has 1 aromatic carbocycles. The molecule has 1 amide bonds. The van der Waals surface area contributed by atoms with Crippen LogP contribution in [0.25, 0.3) is 10.9 Å². The molecule has 1 saturated heterocycles. The maximum atomic E-state index is 14.5. The quantitative estimate of drug-likeness (QED) is 0.532. The first-order valence-corrected chi connectivity index (χ1v) is 10.4. The monoisotopic (exact) mass is 497 g/mol. The van der Waals surface area contributed by atoms with Crippen LogP contribution in [0.2, 0.25) is 0 Å². The summed E-state index contributed by atoms with van der Waals surface area (Å²) in [4.78, 5) is 31.3. The van der Waals surface area contributed by atoms with Crippen LogP contribution in [-0.4, -0.2) is 41.4 Å². The maximum absolute atomic E-state index is 14.5. The number of hydrogen-bond donors (Lipinski definition) is 2. The fourth-order valence-corrected chi connectivity index (χ4v) is 4.49. The third-order valence-corrected chi connectivity index (χ3v) is 6.36. The van der Waals surface area contributed by atoms with E-state index < -0.39 is 65.4 Å². The van der Waals surface area contributed by atoms with Crippen LogP contribution in [0, 0.1) is 11.6 Å². The van der Waals surface area contributed by atoms with Crippen molar-refractivity contribution >= 4 is 16.8 Å². The van der Waals surface area contributed by atoms with Crippen molar-refractivity contribution in [2.45, 2.75) is 37.0 Å². The lowest BCUT2D eigenvalue weighted by atomic mass is 9.74. The number of benzene rings is 1. The van der Waals surface area contributed by atoms with Crippen LogP contribution in [0.4, 0.5) is 22.0 Å². The van der Waals surface area contributed by atoms with Gasteiger partial charge in [-0.3, -0.25) is 14.6 Å². The van der Waals surface area contributed by atoms with Gasteiger partial charge in [-0.25, -0.2) is 4.39 Å². The molecule has 3 aromatic rings. The zero-order valence-electron chi connectivity index (χ0n) is 18.5. The molecule has 3 N–H and O–H groups in total. The zero-order chi connectivity index (χ0) is 25.7. The molecular formula is C23H20F5N3O4. The van der Waals surface area contributed by atoms with Crippen molar-refractivity contribution < 1.29 is 36.2 Å². The SMILES string of the molecule is COc1c([C@@H]2CC(C)(C(F)(F)F)OC[C@H]2c2cc(=O)c3c(C(N)=O)nccc3[nH]2)ccc(F)c1F. The number of fused-ring (bicyclic) bond motifs is 1. The molecule has 1 fully saturated rings. The molecule has 12 heteroatoms. The summed E-state index contributed by atoms with van der Waals surface area (Å²) in [5.74, 6) is -6.03. The Hall–Kier alpha value is -3.54. The number of primary amides is 1. The Balaban J connectivity index is 1.91. The molecule has 1 aliphatic heterocycles. The van der Waals surface area contributed by atoms with Gasteiger partial charge in [-0.15, -0.1) is 0 Å². The maximum Gasteiger partial charge on any atom is 0.417 e. The van der Waals surface area contributed by atoms with E-state index in [0.717, 1.165) is 32.2 Å². The number of nitrogens with two attached hydrogens (primary N) is 1. The van der Waals surface area contributed by atoms with Gasteiger partial charge in [0.2, 0.25) is 5.82 Å². The Labute approximate surface area is 195 Å². The summed E-state index contributed by atoms with van der Waals surface area (Å²) in [7, 11) is 1.08. The van der Waals surface area contributed by atoms with Crippen molar-refractivity contribution in [1.29, 1.82) is 0 Å². The number of methoxy groups -OCH3 is 1. The number of carbonyl (C=O) groups is 1. The number of aromatic amines is 1. The Morgan fingerprint density at radius 3 is 2.60 bits per heavy atom. The lowest BCUT2D eigenvalue weighted by Crippen LogP contribution is -2.51. The minimum atomic E-state index is -4.76. The summed E-state index contributed by atoms with van der Waals surface area (Å²) in [6.07, 6.45) is -4.18. The van der Waals surface area contributed by atoms with E-state index in [2.05, 4.69) is 9.97 Å². The first-order valence-electron chi connectivity index (χ1n) is 10.4. The second-order valence-corrected chi connectivity index (χ2v) is 8.48. The molecule has 0 radical (unpaired) electrons. The van der Waals surface area contributed by atoms with Gasteiger partial charge in [0.25, 0.3) is 5.91 Å². The van der Waals surface area contributed by atoms with Crippen LogP contribution in [-0.2, 0) is 4.74 Å². The highest BCUT2D eigenvalue weighted by molar-refractivity contribution is 6.03. The second kappa shape index (κ2) is 8.59. The van der Waals surface area contributed by atoms with Gasteiger partial charge in [-0.05, 0) is 25.5 Å². The zero-order valence-corrected chi connectivity index (χ0v) is 18.5. The summed E-state index contributed by atoms with van der Waals surface area (Å²) < 4.78 is 80.2. The van der Waals surface area contributed by atoms with Crippen molar-refractivity contribution in [3.8, 4) is 5.75 Å². The van der Waals surface area contributed by atoms with Gasteiger partial charge >= 0.3 is 6.18 Å². The molecule has 3 atom stereocenters. The van der Waals surface area contributed by atoms with Crippen molar-refractivity contribution in [2.24, 2.45) is 5.73 Å². The van der Waals surface area contributed by atoms with E-state index >= 15 is 0 Å². The molecule has 1 unspecified atom stereocenters. The average Bonchev–Trinajstić information content (AvgIpc) is 2.79. The number of H-pyrrole nitrogens is 1. The van der Waals surface area contributed by atoms with Crippen LogP contribution in [0.5, 0.6) is 5.75 Å². The largest absolute Gasteiger partial charge is 0.493 e. The van der Waals surface area contributed by atoms with Crippen LogP contribution in [0.1, 0.15) is 46.9 Å². The van der Waals surface area contributed by atoms with Gasteiger partial charge in [0.1, 0.15) is 5.69 Å². The van der Waals surface area contributed by atoms with Gasteiger partial charge in [-0.1, -0.05) is 6.07 Å². The first-order chi connectivity index (χ1) is 16.4. The van der Waals surface area contributed by atoms with Crippen molar-refractivity contribution in [2.75, 3.05) is 13.7 Å². The van der Waals surface area contributed by atoms with Crippen LogP contribution in [0.3, 0.4) is 0 Å². The fourth-order valence-electron chi connectivity index (χ4n) is 4.49. The van der Waals surface area contributed by atoms with Crippen LogP contribution >= 0.6 is 0 Å². The number of carbonyl (C=O) groups excluding carboxylic acids is 1. The molecule has 35 heavy (non-hydrogen) atoms. The molecule has 1 aliphatic rings. The predicted octanol–water partition coefficient (Wildman–Crippen LogP) is 3.92. The van der Waals surface area contributed by atoms with Crippen LogP contribution < -0.4 is 15.9 Å². The first kappa shape index (κ1) is 24.6. The Morgan fingerprint density at radius 2 is 1.97 bits per heavy atom. The van der Waals surface area contributed by atoms with Gasteiger partial charge in [0, 0.05) is 35.4 Å². The average molecular weight is 497 g/mol. The van der Waals surface area contributed by atoms with E-state index in [-0.39, 0.29) is 27.9 Å². The van der Waals surface area contributed by atoms with Crippen molar-refractivity contribution in [1.82, 2.24) is 9.97 Å². The molecule has 4 rings (SSSR count). The summed E-state index contributed by atoms with van der Waals surface area (Å²) in [6.45, 7) is 0.370. The van der Waals surface area contributed by atoms with E-state index in [4.69, 9.17) is 15.2 Å². The molecule has 0 bridgehead atoms. The van der Waals surface area contributed by atoms with Gasteiger partial charge < -0.3 is 20.2 Å². The smallest absolute Gasteiger partial charge is 0.417 e. The van der Waals surface area contributed by atoms with E-state index in [1.54, 1.807) is 0 Å². The van der Waals surface area contributed by atoms with Gasteiger partial charge in [0.15, 0.2) is 22.6 Å². The second-order valence-electron chi connectivity index (χ2n) is 8.48. The minimum Gasteiger partial charge on any atom is -0.493 e. The third kappa shape index (κ3) is 4.11. The summed E-state index contributed by atoms with van der Waals surface area (Å²) in [6, 6.07) is 4.48. The van der Waals surface area contributed by atoms with E-state index in [0.29, 0.717) is 0 Å². The number of alkyl halides is 3. The number of aromatic nitrogens is 2. The lowest BCUT2D eigenvalue weighted by Gasteiger charge is -2.44. The van der Waals surface area contributed by atoms with E-state index in [1.165, 1.54) is 12.3 Å². The van der Waals surface area contributed by atoms with Gasteiger partial charge in [0.05, 0.1) is 24.6 Å². The highest BCUT2D eigenvalue weighted by atomic mass is 19.4. The number of amides is 1. The number of nitrogens with one attached hydrogen (secondary N) is 1. The van der Waals surface area contributed by atoms with Crippen LogP contribution in [0.15, 0.2) is 35.3 Å². The summed E-state index contributed by atoms with van der Waals surface area (Å²) in [5.41, 5.74) is 2.13. The Morgan fingerprint density at radius 1 is 1.26 bits per heavy atom. The molecule has 2 aromatic heterocycles. The lowest BCUT2D eigenvalue weighted by molar-refractivity contribution is -0.286. The van der Waals surface area contributed by atoms with E-state index in [1.807, 2.05) is 0 Å². The number of rotatable bonds is 4. The molecule has 0 spiro atoms. The summed E-state index contributed by atoms with van der Waals surface area (Å²) in [5, 5.41) is -0.0810. The van der Waals surface area contributed by atoms with E-state index in [9.17, 15) is 31.5 Å². The van der Waals surface area contributed by atoms with Gasteiger partial charge in [-0.2, -0.15) is 17.6 Å². The highest BCUT2D eigenvalue weighted by Gasteiger charge is 2.57. The Bertz CT molecular complexity index is 1370. The minimum absolute atomic E-state index is 0.0105. The third-order valence-electron chi connectivity index (χ3n) is 6.36. The molecule has 0 saturated carbocycles. The molecule has 3 heterocycles. The molecule has 0 aliphatic carbocycles. The number of nitrogens with zero attached hydrogens (tertiary/aromatic N) is 1. The van der Waals surface area contributed by atoms with Crippen molar-refractivity contribution in [3.05, 3.63) is 69.3 Å². The normalized spacial score (nSPS) is 22.8. The topological polar surface area (TPSA) is 107 Å². The number of pyridine rings is 2. The van der Waals surface area contributed by atoms with Crippen molar-refractivity contribution in [3.63, 3.8) is 0 Å². The molecule has 7 nitrogen and oxygen atoms in total. The Kier molecular flexibility index (Phi) is 6.04. The number of halogens is 5. The standard InChI is InChI=1S/C23H20F5N3O4/c1-22(23(26,27)28)8-11(10-3-4-13(24)18(25)20(10)34-2)12(9-35-22)15-7-16(32)17-14(31-15)5-6-30-19(17)21(29)33/h3-7,11-12H,8-9H2,1-2H3,(H2,29,33)(H,31,32)/t11-,12+,22?/m0/s1. The predicted molar refractivity (Wildman–Crippen MR) is 114 cm³/mol.